The van der Waals surface area contributed by atoms with Gasteiger partial charge in [0.2, 0.25) is 0 Å². The number of allylic oxidation sites excluding steroid dienone is 4. The third-order valence-corrected chi connectivity index (χ3v) is 1.37. The van der Waals surface area contributed by atoms with Crippen LogP contribution in [0.5, 0.6) is 0 Å². The molecule has 0 heterocycles. The molecular formula is C8H12ClO4Rh. The molecule has 14 heavy (non-hydrogen) atoms. The summed E-state index contributed by atoms with van der Waals surface area (Å²) in [5.74, 6) is 0. The van der Waals surface area contributed by atoms with Crippen LogP contribution in [0.2, 0.25) is 0 Å². The van der Waals surface area contributed by atoms with Gasteiger partial charge in [-0.25, -0.2) is 18.6 Å². The predicted octanol–water partition coefficient (Wildman–Crippen LogP) is -2.09. The van der Waals surface area contributed by atoms with E-state index in [9.17, 15) is 0 Å². The second-order valence-electron chi connectivity index (χ2n) is 2.52. The van der Waals surface area contributed by atoms with Crippen LogP contribution < -0.4 is 18.6 Å². The van der Waals surface area contributed by atoms with E-state index in [-0.39, 0.29) is 19.5 Å². The minimum atomic E-state index is -4.94. The number of hydrogen-bond donors (Lipinski definition) is 0. The number of hydrogen-bond acceptors (Lipinski definition) is 4. The smallest absolute Gasteiger partial charge is 0.222 e. The Morgan fingerprint density at radius 2 is 1.07 bits per heavy atom. The molecule has 1 rings (SSSR count). The molecule has 0 unspecified atom stereocenters. The van der Waals surface area contributed by atoms with Gasteiger partial charge in [0, 0.05) is 0 Å². The molecule has 0 bridgehead atoms. The standard InChI is InChI=1S/C8H12.ClHO4.Rh/c1-2-4-6-8-7-5-3-1;2-1(3,4)5;/h1-4H,5-8H2;(H,2,3,4,5);/q;;+1/p-1. The van der Waals surface area contributed by atoms with Crippen LogP contribution in [0, 0.1) is 10.2 Å². The maximum atomic E-state index is 8.49. The average Bonchev–Trinajstić information content (AvgIpc) is 1.79. The van der Waals surface area contributed by atoms with Crippen molar-refractivity contribution in [1.82, 2.24) is 0 Å². The minimum Gasteiger partial charge on any atom is -0.222 e. The summed E-state index contributed by atoms with van der Waals surface area (Å²) in [7, 11) is -4.94. The summed E-state index contributed by atoms with van der Waals surface area (Å²) >= 11 is 0. The van der Waals surface area contributed by atoms with Gasteiger partial charge in [-0.3, -0.25) is 0 Å². The van der Waals surface area contributed by atoms with Gasteiger partial charge in [-0.2, -0.15) is 0 Å². The molecule has 0 aliphatic heterocycles. The summed E-state index contributed by atoms with van der Waals surface area (Å²) < 4.78 is 34.0. The van der Waals surface area contributed by atoms with Gasteiger partial charge in [-0.05, 0) is 25.7 Å². The molecular weight excluding hydrogens is 298 g/mol. The maximum Gasteiger partial charge on any atom is 1.00 e. The Hall–Kier alpha value is 0.233. The first-order valence-corrected chi connectivity index (χ1v) is 5.17. The molecule has 0 atom stereocenters. The maximum absolute atomic E-state index is 8.49. The van der Waals surface area contributed by atoms with Gasteiger partial charge in [-0.1, -0.05) is 24.3 Å². The van der Waals surface area contributed by atoms with Crippen LogP contribution in [0.3, 0.4) is 0 Å². The Morgan fingerprint density at radius 1 is 0.786 bits per heavy atom. The largest absolute Gasteiger partial charge is 1.00 e. The van der Waals surface area contributed by atoms with E-state index in [1.807, 2.05) is 0 Å². The molecule has 0 aromatic heterocycles. The Morgan fingerprint density at radius 3 is 1.36 bits per heavy atom. The summed E-state index contributed by atoms with van der Waals surface area (Å²) in [5.41, 5.74) is 0. The SMILES string of the molecule is C1=CCCCCC=C1.[O-][Cl+3]([O-])([O-])[O-].[Rh+]. The monoisotopic (exact) mass is 310 g/mol. The van der Waals surface area contributed by atoms with Crippen LogP contribution in [-0.4, -0.2) is 0 Å². The Kier molecular flexibility index (Phi) is 11.6. The molecule has 0 N–H and O–H groups in total. The molecule has 0 fully saturated rings. The van der Waals surface area contributed by atoms with Crippen LogP contribution in [0.4, 0.5) is 0 Å². The molecule has 0 spiro atoms. The molecule has 0 radical (unpaired) electrons. The fraction of sp³-hybridized carbons (Fsp3) is 0.500. The summed E-state index contributed by atoms with van der Waals surface area (Å²) in [6.45, 7) is 0. The predicted molar refractivity (Wildman–Crippen MR) is 36.7 cm³/mol. The van der Waals surface area contributed by atoms with Crippen LogP contribution in [-0.2, 0) is 19.5 Å². The summed E-state index contributed by atoms with van der Waals surface area (Å²) in [6.07, 6.45) is 14.0. The van der Waals surface area contributed by atoms with Crippen molar-refractivity contribution in [3.8, 4) is 0 Å². The van der Waals surface area contributed by atoms with Crippen LogP contribution >= 0.6 is 0 Å². The molecule has 84 valence electrons. The van der Waals surface area contributed by atoms with E-state index < -0.39 is 10.2 Å². The van der Waals surface area contributed by atoms with Gasteiger partial charge in [0.25, 0.3) is 0 Å². The van der Waals surface area contributed by atoms with E-state index in [2.05, 4.69) is 24.3 Å². The van der Waals surface area contributed by atoms with E-state index in [4.69, 9.17) is 18.6 Å². The minimum absolute atomic E-state index is 0. The summed E-state index contributed by atoms with van der Waals surface area (Å²) in [5, 5.41) is 0. The van der Waals surface area contributed by atoms with Crippen molar-refractivity contribution >= 4 is 0 Å². The van der Waals surface area contributed by atoms with Crippen molar-refractivity contribution in [3.05, 3.63) is 24.3 Å². The third kappa shape index (κ3) is 22.8. The van der Waals surface area contributed by atoms with E-state index >= 15 is 0 Å². The Bertz CT molecular complexity index is 157. The van der Waals surface area contributed by atoms with E-state index in [0.29, 0.717) is 0 Å². The first-order valence-electron chi connectivity index (χ1n) is 3.93. The number of rotatable bonds is 0. The topological polar surface area (TPSA) is 92.2 Å². The van der Waals surface area contributed by atoms with Crippen LogP contribution in [0.15, 0.2) is 24.3 Å². The molecule has 0 saturated heterocycles. The third-order valence-electron chi connectivity index (χ3n) is 1.37. The summed E-state index contributed by atoms with van der Waals surface area (Å²) in [6, 6.07) is 0. The first-order chi connectivity index (χ1) is 6.00. The van der Waals surface area contributed by atoms with Crippen molar-refractivity contribution in [2.45, 2.75) is 25.7 Å². The second kappa shape index (κ2) is 9.78. The van der Waals surface area contributed by atoms with Crippen LogP contribution in [0.1, 0.15) is 25.7 Å². The van der Waals surface area contributed by atoms with Crippen molar-refractivity contribution in [1.29, 1.82) is 0 Å². The van der Waals surface area contributed by atoms with Crippen molar-refractivity contribution in [2.75, 3.05) is 0 Å². The van der Waals surface area contributed by atoms with Gasteiger partial charge < -0.3 is 0 Å². The van der Waals surface area contributed by atoms with Crippen LogP contribution in [0.25, 0.3) is 0 Å². The van der Waals surface area contributed by atoms with Gasteiger partial charge in [-0.15, -0.1) is 10.2 Å². The molecule has 0 amide bonds. The van der Waals surface area contributed by atoms with Crippen molar-refractivity contribution < 1.29 is 48.4 Å². The van der Waals surface area contributed by atoms with Crippen molar-refractivity contribution in [2.24, 2.45) is 0 Å². The summed E-state index contributed by atoms with van der Waals surface area (Å²) in [4.78, 5) is 0. The molecule has 1 aliphatic rings. The second-order valence-corrected chi connectivity index (χ2v) is 3.27. The Labute approximate surface area is 98.4 Å². The van der Waals surface area contributed by atoms with Gasteiger partial charge in [0.05, 0.1) is 0 Å². The van der Waals surface area contributed by atoms with Gasteiger partial charge in [0.1, 0.15) is 0 Å². The normalized spacial score (nSPS) is 15.7. The number of halogens is 1. The van der Waals surface area contributed by atoms with E-state index in [0.717, 1.165) is 0 Å². The fourth-order valence-electron chi connectivity index (χ4n) is 0.874. The van der Waals surface area contributed by atoms with E-state index in [1.165, 1.54) is 25.7 Å². The fourth-order valence-corrected chi connectivity index (χ4v) is 0.874. The molecule has 1 aliphatic carbocycles. The zero-order valence-corrected chi connectivity index (χ0v) is 9.88. The quantitative estimate of drug-likeness (QED) is 0.480. The zero-order valence-electron chi connectivity index (χ0n) is 7.48. The first kappa shape index (κ1) is 16.7. The molecule has 0 aromatic carbocycles. The van der Waals surface area contributed by atoms with Gasteiger partial charge in [0.15, 0.2) is 0 Å². The molecule has 0 saturated carbocycles. The zero-order chi connectivity index (χ0) is 10.2. The van der Waals surface area contributed by atoms with E-state index in [1.54, 1.807) is 0 Å². The molecule has 0 aromatic rings. The van der Waals surface area contributed by atoms with Crippen molar-refractivity contribution in [3.63, 3.8) is 0 Å². The van der Waals surface area contributed by atoms with Gasteiger partial charge >= 0.3 is 19.5 Å². The molecule has 6 heteroatoms. The Balaban J connectivity index is 0. The average molecular weight is 311 g/mol. The molecule has 4 nitrogen and oxygen atoms in total.